The second kappa shape index (κ2) is 5.59. The molecule has 2 N–H and O–H groups in total. The van der Waals surface area contributed by atoms with E-state index in [-0.39, 0.29) is 23.3 Å². The molecule has 25 heavy (non-hydrogen) atoms. The van der Waals surface area contributed by atoms with E-state index in [2.05, 4.69) is 10.6 Å². The number of hydrogen-bond acceptors (Lipinski definition) is 4. The zero-order chi connectivity index (χ0) is 17.6. The van der Waals surface area contributed by atoms with Gasteiger partial charge in [-0.3, -0.25) is 13.9 Å². The molecule has 0 saturated carbocycles. The fourth-order valence-electron chi connectivity index (χ4n) is 3.06. The molecule has 0 aromatic heterocycles. The van der Waals surface area contributed by atoms with Crippen LogP contribution in [0.5, 0.6) is 0 Å². The van der Waals surface area contributed by atoms with Crippen LogP contribution in [0.4, 0.5) is 17.1 Å². The first kappa shape index (κ1) is 15.6. The SMILES string of the molecule is O=C1CCc2cc(S(=O)(=O)N3CC(=O)Nc4ccccc43)ccc2N1. The van der Waals surface area contributed by atoms with E-state index in [1.165, 1.54) is 6.07 Å². The van der Waals surface area contributed by atoms with Crippen LogP contribution in [-0.4, -0.2) is 26.8 Å². The average molecular weight is 357 g/mol. The Bertz CT molecular complexity index is 1000. The van der Waals surface area contributed by atoms with E-state index in [0.717, 1.165) is 9.87 Å². The van der Waals surface area contributed by atoms with Crippen LogP contribution in [0.25, 0.3) is 0 Å². The van der Waals surface area contributed by atoms with Gasteiger partial charge in [-0.15, -0.1) is 0 Å². The summed E-state index contributed by atoms with van der Waals surface area (Å²) < 4.78 is 27.3. The fraction of sp³-hybridized carbons (Fsp3) is 0.176. The van der Waals surface area contributed by atoms with Gasteiger partial charge in [0.2, 0.25) is 11.8 Å². The molecule has 2 amide bonds. The van der Waals surface area contributed by atoms with Gasteiger partial charge in [-0.05, 0) is 42.3 Å². The van der Waals surface area contributed by atoms with E-state index >= 15 is 0 Å². The van der Waals surface area contributed by atoms with Crippen LogP contribution in [0.15, 0.2) is 47.4 Å². The van der Waals surface area contributed by atoms with E-state index in [0.29, 0.717) is 29.9 Å². The van der Waals surface area contributed by atoms with Gasteiger partial charge in [0.15, 0.2) is 0 Å². The van der Waals surface area contributed by atoms with Crippen LogP contribution in [0.2, 0.25) is 0 Å². The van der Waals surface area contributed by atoms with E-state index in [9.17, 15) is 18.0 Å². The van der Waals surface area contributed by atoms with Crippen LogP contribution >= 0.6 is 0 Å². The Morgan fingerprint density at radius 3 is 2.48 bits per heavy atom. The first-order valence-electron chi connectivity index (χ1n) is 7.79. The van der Waals surface area contributed by atoms with Gasteiger partial charge in [0.25, 0.3) is 10.0 Å². The molecule has 0 spiro atoms. The summed E-state index contributed by atoms with van der Waals surface area (Å²) in [5.74, 6) is -0.461. The Morgan fingerprint density at radius 1 is 0.880 bits per heavy atom. The van der Waals surface area contributed by atoms with Crippen molar-refractivity contribution < 1.29 is 18.0 Å². The minimum absolute atomic E-state index is 0.0789. The lowest BCUT2D eigenvalue weighted by atomic mass is 10.0. The number of aryl methyl sites for hydroxylation is 1. The number of nitrogens with zero attached hydrogens (tertiary/aromatic N) is 1. The molecule has 0 radical (unpaired) electrons. The van der Waals surface area contributed by atoms with Crippen LogP contribution in [0, 0.1) is 0 Å². The maximum absolute atomic E-state index is 13.1. The zero-order valence-corrected chi connectivity index (χ0v) is 14.0. The molecule has 4 rings (SSSR count). The molecule has 2 aliphatic heterocycles. The van der Waals surface area contributed by atoms with Crippen LogP contribution in [0.3, 0.4) is 0 Å². The summed E-state index contributed by atoms with van der Waals surface area (Å²) in [6.45, 7) is -0.271. The van der Waals surface area contributed by atoms with Crippen molar-refractivity contribution >= 4 is 38.9 Å². The molecule has 0 unspecified atom stereocenters. The Morgan fingerprint density at radius 2 is 1.64 bits per heavy atom. The highest BCUT2D eigenvalue weighted by Crippen LogP contribution is 2.34. The molecule has 2 aliphatic rings. The van der Waals surface area contributed by atoms with E-state index in [4.69, 9.17) is 0 Å². The standard InChI is InChI=1S/C17H15N3O4S/c21-16-8-5-11-9-12(6-7-13(11)18-16)25(23,24)20-10-17(22)19-14-3-1-2-4-15(14)20/h1-4,6-7,9H,5,8,10H2,(H,18,21)(H,19,22). The molecule has 2 aromatic carbocycles. The summed E-state index contributed by atoms with van der Waals surface area (Å²) >= 11 is 0. The highest BCUT2D eigenvalue weighted by atomic mass is 32.2. The molecule has 128 valence electrons. The first-order chi connectivity index (χ1) is 11.9. The van der Waals surface area contributed by atoms with Crippen molar-refractivity contribution in [2.24, 2.45) is 0 Å². The lowest BCUT2D eigenvalue weighted by molar-refractivity contribution is -0.116. The lowest BCUT2D eigenvalue weighted by Gasteiger charge is -2.30. The molecular formula is C17H15N3O4S. The van der Waals surface area contributed by atoms with Gasteiger partial charge < -0.3 is 10.6 Å². The van der Waals surface area contributed by atoms with Gasteiger partial charge in [0.05, 0.1) is 16.3 Å². The van der Waals surface area contributed by atoms with Gasteiger partial charge in [0.1, 0.15) is 6.54 Å². The molecule has 0 saturated heterocycles. The highest BCUT2D eigenvalue weighted by Gasteiger charge is 2.33. The van der Waals surface area contributed by atoms with Gasteiger partial charge in [0, 0.05) is 12.1 Å². The number of carbonyl (C=O) groups excluding carboxylic acids is 2. The van der Waals surface area contributed by atoms with Crippen molar-refractivity contribution in [1.29, 1.82) is 0 Å². The number of sulfonamides is 1. The van der Waals surface area contributed by atoms with Crippen molar-refractivity contribution in [1.82, 2.24) is 0 Å². The van der Waals surface area contributed by atoms with Crippen molar-refractivity contribution in [3.63, 3.8) is 0 Å². The molecular weight excluding hydrogens is 342 g/mol. The largest absolute Gasteiger partial charge is 0.326 e. The lowest BCUT2D eigenvalue weighted by Crippen LogP contribution is -2.42. The maximum Gasteiger partial charge on any atom is 0.264 e. The summed E-state index contributed by atoms with van der Waals surface area (Å²) in [6.07, 6.45) is 0.813. The first-order valence-corrected chi connectivity index (χ1v) is 9.23. The average Bonchev–Trinajstić information content (AvgIpc) is 2.60. The number of hydrogen-bond donors (Lipinski definition) is 2. The summed E-state index contributed by atoms with van der Waals surface area (Å²) in [5.41, 5.74) is 2.31. The number of nitrogens with one attached hydrogen (secondary N) is 2. The smallest absolute Gasteiger partial charge is 0.264 e. The molecule has 0 bridgehead atoms. The number of rotatable bonds is 2. The van der Waals surface area contributed by atoms with Gasteiger partial charge in [-0.1, -0.05) is 12.1 Å². The third-order valence-electron chi connectivity index (χ3n) is 4.29. The van der Waals surface area contributed by atoms with Crippen molar-refractivity contribution in [3.8, 4) is 0 Å². The molecule has 0 fully saturated rings. The number of anilines is 3. The fourth-order valence-corrected chi connectivity index (χ4v) is 4.56. The number of para-hydroxylation sites is 2. The predicted octanol–water partition coefficient (Wildman–Crippen LogP) is 1.72. The van der Waals surface area contributed by atoms with Gasteiger partial charge >= 0.3 is 0 Å². The second-order valence-electron chi connectivity index (χ2n) is 5.94. The normalized spacial score (nSPS) is 16.6. The summed E-state index contributed by atoms with van der Waals surface area (Å²) in [5, 5.41) is 5.40. The predicted molar refractivity (Wildman–Crippen MR) is 93.0 cm³/mol. The third kappa shape index (κ3) is 2.64. The Hall–Kier alpha value is -2.87. The van der Waals surface area contributed by atoms with Crippen LogP contribution in [-0.2, 0) is 26.0 Å². The van der Waals surface area contributed by atoms with Crippen LogP contribution < -0.4 is 14.9 Å². The highest BCUT2D eigenvalue weighted by molar-refractivity contribution is 7.92. The Labute approximate surface area is 144 Å². The summed E-state index contributed by atoms with van der Waals surface area (Å²) in [6, 6.07) is 11.4. The minimum Gasteiger partial charge on any atom is -0.326 e. The number of carbonyl (C=O) groups is 2. The Balaban J connectivity index is 1.78. The second-order valence-corrected chi connectivity index (χ2v) is 7.81. The molecule has 8 heteroatoms. The van der Waals surface area contributed by atoms with Crippen molar-refractivity contribution in [3.05, 3.63) is 48.0 Å². The minimum atomic E-state index is -3.90. The molecule has 2 heterocycles. The number of amides is 2. The van der Waals surface area contributed by atoms with E-state index in [1.807, 2.05) is 0 Å². The molecule has 0 aliphatic carbocycles. The third-order valence-corrected chi connectivity index (χ3v) is 6.05. The zero-order valence-electron chi connectivity index (χ0n) is 13.2. The van der Waals surface area contributed by atoms with E-state index < -0.39 is 10.0 Å². The number of benzene rings is 2. The Kier molecular flexibility index (Phi) is 3.50. The maximum atomic E-state index is 13.1. The monoisotopic (exact) mass is 357 g/mol. The van der Waals surface area contributed by atoms with Crippen molar-refractivity contribution in [2.75, 3.05) is 21.5 Å². The van der Waals surface area contributed by atoms with Gasteiger partial charge in [-0.2, -0.15) is 0 Å². The molecule has 0 atom stereocenters. The van der Waals surface area contributed by atoms with Crippen LogP contribution in [0.1, 0.15) is 12.0 Å². The van der Waals surface area contributed by atoms with Gasteiger partial charge in [-0.25, -0.2) is 8.42 Å². The number of fused-ring (bicyclic) bond motifs is 2. The molecule has 2 aromatic rings. The summed E-state index contributed by atoms with van der Waals surface area (Å²) in [7, 11) is -3.90. The quantitative estimate of drug-likeness (QED) is 0.855. The molecule has 7 nitrogen and oxygen atoms in total. The van der Waals surface area contributed by atoms with Crippen molar-refractivity contribution in [2.45, 2.75) is 17.7 Å². The topological polar surface area (TPSA) is 95.6 Å². The summed E-state index contributed by atoms with van der Waals surface area (Å²) in [4.78, 5) is 23.5. The van der Waals surface area contributed by atoms with E-state index in [1.54, 1.807) is 36.4 Å².